The van der Waals surface area contributed by atoms with Crippen LogP contribution in [-0.4, -0.2) is 10.9 Å². The molecule has 0 aliphatic heterocycles. The molecule has 0 saturated carbocycles. The number of carbonyl (C=O) groups is 1. The Morgan fingerprint density at radius 2 is 1.39 bits per heavy atom. The molecule has 4 aromatic carbocycles. The van der Waals surface area contributed by atoms with Crippen LogP contribution in [0.1, 0.15) is 65.0 Å². The van der Waals surface area contributed by atoms with E-state index in [1.54, 1.807) is 0 Å². The van der Waals surface area contributed by atoms with Gasteiger partial charge in [-0.25, -0.2) is 0 Å². The van der Waals surface area contributed by atoms with Crippen LogP contribution in [0.2, 0.25) is 0 Å². The molecule has 0 unspecified atom stereocenters. The van der Waals surface area contributed by atoms with Crippen molar-refractivity contribution in [3.05, 3.63) is 137 Å². The molecule has 0 fully saturated rings. The minimum absolute atomic E-state index is 0.0141. The van der Waals surface area contributed by atoms with Crippen LogP contribution in [0.4, 0.5) is 5.69 Å². The van der Waals surface area contributed by atoms with Crippen molar-refractivity contribution in [2.75, 3.05) is 5.32 Å². The zero-order valence-electron chi connectivity index (χ0n) is 21.2. The van der Waals surface area contributed by atoms with Gasteiger partial charge in [0.05, 0.1) is 6.04 Å². The van der Waals surface area contributed by atoms with E-state index >= 15 is 0 Å². The number of hydrogen-bond donors (Lipinski definition) is 2. The van der Waals surface area contributed by atoms with Crippen molar-refractivity contribution >= 4 is 28.8 Å². The number of thiocarbonyl (C=S) groups is 1. The average molecular weight is 493 g/mol. The molecule has 0 amide bonds. The maximum absolute atomic E-state index is 13.1. The lowest BCUT2D eigenvalue weighted by Gasteiger charge is -2.22. The second-order valence-corrected chi connectivity index (χ2v) is 10.5. The summed E-state index contributed by atoms with van der Waals surface area (Å²) in [7, 11) is 0. The van der Waals surface area contributed by atoms with E-state index in [9.17, 15) is 4.79 Å². The third-order valence-corrected chi connectivity index (χ3v) is 6.43. The molecule has 4 aromatic rings. The van der Waals surface area contributed by atoms with Crippen molar-refractivity contribution in [2.24, 2.45) is 0 Å². The zero-order chi connectivity index (χ0) is 25.7. The van der Waals surface area contributed by atoms with Crippen molar-refractivity contribution in [3.8, 4) is 0 Å². The monoisotopic (exact) mass is 492 g/mol. The largest absolute Gasteiger partial charge is 0.352 e. The highest BCUT2D eigenvalue weighted by Crippen LogP contribution is 2.25. The minimum Gasteiger partial charge on any atom is -0.352 e. The first-order chi connectivity index (χ1) is 17.2. The van der Waals surface area contributed by atoms with E-state index in [-0.39, 0.29) is 17.2 Å². The van der Waals surface area contributed by atoms with Crippen LogP contribution in [0.15, 0.2) is 103 Å². The van der Waals surface area contributed by atoms with Gasteiger partial charge < -0.3 is 10.6 Å². The summed E-state index contributed by atoms with van der Waals surface area (Å²) in [6, 6.07) is 33.9. The number of nitrogens with one attached hydrogen (secondary N) is 2. The summed E-state index contributed by atoms with van der Waals surface area (Å²) in [6.45, 7) is 8.57. The van der Waals surface area contributed by atoms with Crippen molar-refractivity contribution in [1.29, 1.82) is 0 Å². The van der Waals surface area contributed by atoms with Gasteiger partial charge in [0.15, 0.2) is 10.9 Å². The molecule has 1 atom stereocenters. The van der Waals surface area contributed by atoms with Crippen molar-refractivity contribution < 1.29 is 4.79 Å². The quantitative estimate of drug-likeness (QED) is 0.215. The first-order valence-electron chi connectivity index (χ1n) is 12.1. The smallest absolute Gasteiger partial charge is 0.193 e. The summed E-state index contributed by atoms with van der Waals surface area (Å²) in [5.41, 5.74) is 6.75. The summed E-state index contributed by atoms with van der Waals surface area (Å²) in [5, 5.41) is 7.21. The van der Waals surface area contributed by atoms with Gasteiger partial charge in [0, 0.05) is 16.8 Å². The van der Waals surface area contributed by atoms with Crippen LogP contribution in [0, 0.1) is 6.92 Å². The van der Waals surface area contributed by atoms with E-state index in [0.717, 1.165) is 16.8 Å². The zero-order valence-corrected chi connectivity index (χ0v) is 22.0. The average Bonchev–Trinajstić information content (AvgIpc) is 2.88. The number of carbonyl (C=O) groups excluding carboxylic acids is 1. The van der Waals surface area contributed by atoms with Gasteiger partial charge >= 0.3 is 0 Å². The van der Waals surface area contributed by atoms with Gasteiger partial charge in [0.2, 0.25) is 0 Å². The predicted molar refractivity (Wildman–Crippen MR) is 154 cm³/mol. The Kier molecular flexibility index (Phi) is 7.66. The van der Waals surface area contributed by atoms with Gasteiger partial charge in [-0.3, -0.25) is 4.79 Å². The molecule has 3 nitrogen and oxygen atoms in total. The first-order valence-corrected chi connectivity index (χ1v) is 12.6. The van der Waals surface area contributed by atoms with E-state index in [1.165, 1.54) is 11.1 Å². The van der Waals surface area contributed by atoms with E-state index in [4.69, 9.17) is 12.2 Å². The fraction of sp³-hybridized carbons (Fsp3) is 0.188. The minimum atomic E-state index is -0.0991. The number of rotatable bonds is 6. The SMILES string of the molecule is Cc1ccc([C@@H](NC(=S)Nc2cccc(C(=O)c3ccc(C(C)(C)C)cc3)c2)c2ccccc2)cc1. The van der Waals surface area contributed by atoms with Crippen LogP contribution < -0.4 is 10.6 Å². The molecule has 0 aliphatic rings. The highest BCUT2D eigenvalue weighted by atomic mass is 32.1. The molecule has 0 radical (unpaired) electrons. The molecule has 36 heavy (non-hydrogen) atoms. The topological polar surface area (TPSA) is 41.1 Å². The van der Waals surface area contributed by atoms with Gasteiger partial charge in [0.25, 0.3) is 0 Å². The normalized spacial score (nSPS) is 12.0. The van der Waals surface area contributed by atoms with E-state index < -0.39 is 0 Å². The fourth-order valence-electron chi connectivity index (χ4n) is 4.09. The summed E-state index contributed by atoms with van der Waals surface area (Å²) in [6.07, 6.45) is 0. The highest BCUT2D eigenvalue weighted by molar-refractivity contribution is 7.80. The first kappa shape index (κ1) is 25.3. The lowest BCUT2D eigenvalue weighted by atomic mass is 9.86. The molecule has 0 bridgehead atoms. The Balaban J connectivity index is 1.50. The fourth-order valence-corrected chi connectivity index (χ4v) is 4.32. The van der Waals surface area contributed by atoms with Crippen molar-refractivity contribution in [2.45, 2.75) is 39.2 Å². The van der Waals surface area contributed by atoms with Crippen LogP contribution in [0.3, 0.4) is 0 Å². The Bertz CT molecular complexity index is 1340. The van der Waals surface area contributed by atoms with Gasteiger partial charge in [-0.1, -0.05) is 117 Å². The Morgan fingerprint density at radius 1 is 0.750 bits per heavy atom. The maximum atomic E-state index is 13.1. The number of hydrogen-bond acceptors (Lipinski definition) is 2. The molecule has 4 heteroatoms. The number of aryl methyl sites for hydroxylation is 1. The van der Waals surface area contributed by atoms with E-state index in [2.05, 4.69) is 74.7 Å². The van der Waals surface area contributed by atoms with Gasteiger partial charge in [-0.15, -0.1) is 0 Å². The highest BCUT2D eigenvalue weighted by Gasteiger charge is 2.17. The van der Waals surface area contributed by atoms with Gasteiger partial charge in [-0.2, -0.15) is 0 Å². The number of ketones is 1. The Labute approximate surface area is 219 Å². The molecule has 0 saturated heterocycles. The molecule has 0 heterocycles. The Morgan fingerprint density at radius 3 is 2.03 bits per heavy atom. The number of benzene rings is 4. The molecule has 0 aliphatic carbocycles. The molecule has 0 spiro atoms. The summed E-state index contributed by atoms with van der Waals surface area (Å²) in [5.74, 6) is -0.0141. The molecule has 182 valence electrons. The maximum Gasteiger partial charge on any atom is 0.193 e. The third kappa shape index (κ3) is 6.27. The van der Waals surface area contributed by atoms with Crippen LogP contribution in [-0.2, 0) is 5.41 Å². The third-order valence-electron chi connectivity index (χ3n) is 6.21. The molecule has 2 N–H and O–H groups in total. The van der Waals surface area contributed by atoms with Crippen LogP contribution in [0.5, 0.6) is 0 Å². The number of anilines is 1. The molecule has 4 rings (SSSR count). The molecular formula is C32H32N2OS. The summed E-state index contributed by atoms with van der Waals surface area (Å²) < 4.78 is 0. The standard InChI is InChI=1S/C32H32N2OS/c1-22-13-15-24(16-14-22)29(23-9-6-5-7-10-23)34-31(36)33-28-12-8-11-26(21-28)30(35)25-17-19-27(20-18-25)32(2,3)4/h5-21,29H,1-4H3,(H2,33,34,36)/t29-/m0/s1. The second-order valence-electron chi connectivity index (χ2n) is 10.1. The predicted octanol–water partition coefficient (Wildman–Crippen LogP) is 7.60. The van der Waals surface area contributed by atoms with Crippen molar-refractivity contribution in [3.63, 3.8) is 0 Å². The van der Waals surface area contributed by atoms with Gasteiger partial charge in [0.1, 0.15) is 0 Å². The molecule has 0 aromatic heterocycles. The lowest BCUT2D eigenvalue weighted by molar-refractivity contribution is 0.103. The lowest BCUT2D eigenvalue weighted by Crippen LogP contribution is -2.33. The van der Waals surface area contributed by atoms with Crippen molar-refractivity contribution in [1.82, 2.24) is 5.32 Å². The van der Waals surface area contributed by atoms with Crippen LogP contribution >= 0.6 is 12.2 Å². The van der Waals surface area contributed by atoms with Crippen LogP contribution in [0.25, 0.3) is 0 Å². The van der Waals surface area contributed by atoms with E-state index in [1.807, 2.05) is 66.7 Å². The second kappa shape index (κ2) is 10.9. The Hall–Kier alpha value is -3.76. The molecular weight excluding hydrogens is 460 g/mol. The van der Waals surface area contributed by atoms with E-state index in [0.29, 0.717) is 16.2 Å². The van der Waals surface area contributed by atoms with Gasteiger partial charge in [-0.05, 0) is 53.4 Å². The summed E-state index contributed by atoms with van der Waals surface area (Å²) >= 11 is 5.68. The summed E-state index contributed by atoms with van der Waals surface area (Å²) in [4.78, 5) is 13.1.